The van der Waals surface area contributed by atoms with Gasteiger partial charge >= 0.3 is 58.4 Å². The van der Waals surface area contributed by atoms with E-state index in [0.29, 0.717) is 0 Å². The monoisotopic (exact) mass is 622 g/mol. The van der Waals surface area contributed by atoms with Gasteiger partial charge in [0.05, 0.1) is 0 Å². The van der Waals surface area contributed by atoms with Crippen LogP contribution >= 0.6 is 34.4 Å². The molecule has 0 aliphatic heterocycles. The van der Waals surface area contributed by atoms with E-state index in [1.54, 1.807) is 0 Å². The molecule has 0 aliphatic carbocycles. The average Bonchev–Trinajstić information content (AvgIpc) is 1.76. The zero-order valence-corrected chi connectivity index (χ0v) is 16.5. The molecule has 0 saturated carbocycles. The molecule has 19 heavy (non-hydrogen) atoms. The molecule has 0 amide bonds. The molecule has 0 N–H and O–H groups in total. The molecule has 0 bridgehead atoms. The summed E-state index contributed by atoms with van der Waals surface area (Å²) in [6.45, 7) is 0. The summed E-state index contributed by atoms with van der Waals surface area (Å²) in [4.78, 5) is 102. The van der Waals surface area contributed by atoms with Crippen LogP contribution in [-0.4, -0.2) is 0 Å². The first-order valence-corrected chi connectivity index (χ1v) is 6.57. The Balaban J connectivity index is -0.0000000192. The molecule has 0 radical (unpaired) electrons. The molecule has 0 aromatic heterocycles. The summed E-state index contributed by atoms with van der Waals surface area (Å²) in [5.41, 5.74) is 0. The Hall–Kier alpha value is 3.11. The molecule has 0 rings (SSSR count). The van der Waals surface area contributed by atoms with E-state index in [0.717, 1.165) is 0 Å². The van der Waals surface area contributed by atoms with Crippen LogP contribution in [0.1, 0.15) is 0 Å². The van der Waals surface area contributed by atoms with Crippen LogP contribution in [0.4, 0.5) is 0 Å². The predicted molar refractivity (Wildman–Crippen MR) is 27.7 cm³/mol. The maximum atomic E-state index is 8.48. The van der Waals surface area contributed by atoms with Crippen LogP contribution < -0.4 is 58.7 Å². The van der Waals surface area contributed by atoms with Crippen molar-refractivity contribution in [2.24, 2.45) is 0 Å². The van der Waals surface area contributed by atoms with Crippen LogP contribution in [0.15, 0.2) is 0 Å². The SMILES string of the molecule is [O-]P([O-])[O-].[O-]P([O-])[O-].[O-]P([O-])[O-].[O-]P([O-])[O-].[Ru+4].[Ru+4].[Ru+4]. The molecule has 0 spiro atoms. The number of hydrogen-bond donors (Lipinski definition) is 0. The molecule has 12 nitrogen and oxygen atoms in total. The van der Waals surface area contributed by atoms with Crippen LogP contribution in [0.25, 0.3) is 0 Å². The molecule has 116 valence electrons. The summed E-state index contributed by atoms with van der Waals surface area (Å²) in [7, 11) is -13.5. The molecule has 0 unspecified atom stereocenters. The summed E-state index contributed by atoms with van der Waals surface area (Å²) >= 11 is 0. The molecule has 0 aromatic carbocycles. The van der Waals surface area contributed by atoms with E-state index < -0.39 is 34.4 Å². The van der Waals surface area contributed by atoms with Gasteiger partial charge in [-0.3, -0.25) is 0 Å². The summed E-state index contributed by atoms with van der Waals surface area (Å²) in [5.74, 6) is 0. The third kappa shape index (κ3) is 797. The van der Waals surface area contributed by atoms with Gasteiger partial charge in [0.15, 0.2) is 0 Å². The van der Waals surface area contributed by atoms with E-state index >= 15 is 0 Å². The Morgan fingerprint density at radius 2 is 0.263 bits per heavy atom. The van der Waals surface area contributed by atoms with Crippen LogP contribution in [-0.2, 0) is 58.4 Å². The molecule has 19 heteroatoms. The summed E-state index contributed by atoms with van der Waals surface area (Å²) in [6, 6.07) is 0. The average molecular weight is 619 g/mol. The first-order chi connectivity index (χ1) is 6.93. The number of hydrogen-bond acceptors (Lipinski definition) is 12. The standard InChI is InChI=1S/4O3P.3Ru/c4*1-4(2)3;;;/q4*-3;3*+4. The zero-order valence-electron chi connectivity index (χ0n) is 7.75. The summed E-state index contributed by atoms with van der Waals surface area (Å²) in [5, 5.41) is 0. The molecular weight excluding hydrogens is 619 g/mol. The summed E-state index contributed by atoms with van der Waals surface area (Å²) < 4.78 is 0. The van der Waals surface area contributed by atoms with Gasteiger partial charge in [-0.25, -0.2) is 0 Å². The van der Waals surface area contributed by atoms with Crippen molar-refractivity contribution in [1.82, 2.24) is 0 Å². The van der Waals surface area contributed by atoms with Gasteiger partial charge in [0.1, 0.15) is 0 Å². The van der Waals surface area contributed by atoms with Gasteiger partial charge < -0.3 is 93.1 Å². The normalized spacial score (nSPS) is 7.58. The van der Waals surface area contributed by atoms with Gasteiger partial charge in [-0.05, 0) is 0 Å². The van der Waals surface area contributed by atoms with Crippen molar-refractivity contribution in [2.75, 3.05) is 0 Å². The second-order valence-electron chi connectivity index (χ2n) is 0.894. The van der Waals surface area contributed by atoms with Crippen LogP contribution in [0.3, 0.4) is 0 Å². The molecule has 0 atom stereocenters. The minimum atomic E-state index is -3.37. The Morgan fingerprint density at radius 1 is 0.263 bits per heavy atom. The first-order valence-electron chi connectivity index (χ1n) is 2.19. The van der Waals surface area contributed by atoms with E-state index in [4.69, 9.17) is 58.7 Å². The van der Waals surface area contributed by atoms with E-state index in [1.165, 1.54) is 0 Å². The molecule has 0 aliphatic rings. The quantitative estimate of drug-likeness (QED) is 0.181. The van der Waals surface area contributed by atoms with Gasteiger partial charge in [-0.2, -0.15) is 0 Å². The fraction of sp³-hybridized carbons (Fsp3) is 0. The second-order valence-corrected chi connectivity index (χ2v) is 2.68. The largest absolute Gasteiger partial charge is 4.00 e. The van der Waals surface area contributed by atoms with Crippen molar-refractivity contribution in [3.63, 3.8) is 0 Å². The Kier molecular flexibility index (Phi) is 84.9. The second kappa shape index (κ2) is 37.4. The van der Waals surface area contributed by atoms with Crippen molar-refractivity contribution in [3.05, 3.63) is 0 Å². The summed E-state index contributed by atoms with van der Waals surface area (Å²) in [6.07, 6.45) is 0. The Bertz CT molecular complexity index is 68.0. The van der Waals surface area contributed by atoms with Gasteiger partial charge in [0.2, 0.25) is 0 Å². The van der Waals surface area contributed by atoms with E-state index in [1.807, 2.05) is 0 Å². The maximum Gasteiger partial charge on any atom is 4.00 e. The van der Waals surface area contributed by atoms with Gasteiger partial charge in [0, 0.05) is 0 Å². The van der Waals surface area contributed by atoms with Crippen LogP contribution in [0, 0.1) is 0 Å². The maximum absolute atomic E-state index is 8.48. The zero-order chi connectivity index (χ0) is 14.3. The predicted octanol–water partition coefficient (Wildman–Crippen LogP) is -10.8. The van der Waals surface area contributed by atoms with Crippen molar-refractivity contribution in [3.8, 4) is 0 Å². The topological polar surface area (TPSA) is 277 Å². The van der Waals surface area contributed by atoms with Gasteiger partial charge in [-0.1, -0.05) is 0 Å². The Morgan fingerprint density at radius 3 is 0.263 bits per heavy atom. The van der Waals surface area contributed by atoms with Crippen LogP contribution in [0.5, 0.6) is 0 Å². The Labute approximate surface area is 151 Å². The van der Waals surface area contributed by atoms with E-state index in [2.05, 4.69) is 0 Å². The van der Waals surface area contributed by atoms with E-state index in [9.17, 15) is 0 Å². The third-order valence-electron chi connectivity index (χ3n) is 0. The molecule has 0 fully saturated rings. The first kappa shape index (κ1) is 43.2. The van der Waals surface area contributed by atoms with Crippen LogP contribution in [0.2, 0.25) is 0 Å². The molecular formula is O12P4Ru3. The minimum Gasteiger partial charge on any atom is -0.854 e. The molecule has 0 aromatic rings. The fourth-order valence-corrected chi connectivity index (χ4v) is 0. The molecule has 0 saturated heterocycles. The van der Waals surface area contributed by atoms with Gasteiger partial charge in [0.25, 0.3) is 0 Å². The van der Waals surface area contributed by atoms with E-state index in [-0.39, 0.29) is 58.4 Å². The third-order valence-corrected chi connectivity index (χ3v) is 0. The minimum absolute atomic E-state index is 0. The molecule has 0 heterocycles. The van der Waals surface area contributed by atoms with Crippen molar-refractivity contribution < 1.29 is 117 Å². The van der Waals surface area contributed by atoms with Crippen molar-refractivity contribution in [2.45, 2.75) is 0 Å². The van der Waals surface area contributed by atoms with Crippen molar-refractivity contribution in [1.29, 1.82) is 0 Å². The smallest absolute Gasteiger partial charge is 0.854 e. The van der Waals surface area contributed by atoms with Crippen molar-refractivity contribution >= 4 is 34.4 Å². The van der Waals surface area contributed by atoms with Gasteiger partial charge in [-0.15, -0.1) is 0 Å². The fourth-order valence-electron chi connectivity index (χ4n) is 0. The number of rotatable bonds is 0.